The molecule has 2 N–H and O–H groups in total. The van der Waals surface area contributed by atoms with Crippen molar-refractivity contribution in [2.75, 3.05) is 26.2 Å². The highest BCUT2D eigenvalue weighted by atomic mass is 15.1. The van der Waals surface area contributed by atoms with E-state index in [-0.39, 0.29) is 0 Å². The number of benzene rings is 1. The first kappa shape index (κ1) is 13.6. The number of hydrogen-bond acceptors (Lipinski definition) is 3. The molecule has 0 aliphatic carbocycles. The molecule has 108 valence electrons. The van der Waals surface area contributed by atoms with Crippen LogP contribution in [0.4, 0.5) is 0 Å². The quantitative estimate of drug-likeness (QED) is 0.878. The smallest absolute Gasteiger partial charge is 0.0695 e. The van der Waals surface area contributed by atoms with Crippen LogP contribution < -0.4 is 5.32 Å². The second-order valence-electron chi connectivity index (χ2n) is 5.78. The minimum atomic E-state index is 0.796. The van der Waals surface area contributed by atoms with Gasteiger partial charge >= 0.3 is 0 Å². The molecule has 1 aromatic heterocycles. The molecule has 1 atom stereocenters. The molecule has 0 spiro atoms. The Bertz CT molecular complexity index is 548. The largest absolute Gasteiger partial charge is 0.312 e. The molecule has 1 aliphatic rings. The summed E-state index contributed by atoms with van der Waals surface area (Å²) >= 11 is 0. The molecule has 0 bridgehead atoms. The third kappa shape index (κ3) is 3.02. The first-order chi connectivity index (χ1) is 9.86. The summed E-state index contributed by atoms with van der Waals surface area (Å²) in [4.78, 5) is 2.56. The van der Waals surface area contributed by atoms with E-state index in [0.29, 0.717) is 0 Å². The highest BCUT2D eigenvalue weighted by Gasteiger charge is 2.18. The van der Waals surface area contributed by atoms with Crippen molar-refractivity contribution in [3.8, 4) is 0 Å². The van der Waals surface area contributed by atoms with Crippen molar-refractivity contribution >= 4 is 10.9 Å². The Hall–Kier alpha value is -1.39. The second kappa shape index (κ2) is 6.37. The van der Waals surface area contributed by atoms with Crippen LogP contribution in [-0.4, -0.2) is 41.3 Å². The molecular formula is C16H24N4. The third-order valence-corrected chi connectivity index (χ3v) is 4.36. The highest BCUT2D eigenvalue weighted by Crippen LogP contribution is 2.17. The molecule has 0 radical (unpaired) electrons. The zero-order chi connectivity index (χ0) is 13.8. The van der Waals surface area contributed by atoms with E-state index in [2.05, 4.69) is 45.5 Å². The summed E-state index contributed by atoms with van der Waals surface area (Å²) in [5, 5.41) is 12.0. The standard InChI is InChI=1S/C16H24N4/c1-2-20-8-4-5-13(12-20)9-17-10-14-6-3-7-15-11-18-19-16(14)15/h3,6-7,11,13,17H,2,4-5,8-10,12H2,1H3,(H,18,19). The van der Waals surface area contributed by atoms with Gasteiger partial charge in [-0.2, -0.15) is 5.10 Å². The number of nitrogens with zero attached hydrogens (tertiary/aromatic N) is 2. The fourth-order valence-electron chi connectivity index (χ4n) is 3.19. The molecule has 1 aromatic carbocycles. The van der Waals surface area contributed by atoms with E-state index >= 15 is 0 Å². The number of aromatic amines is 1. The number of fused-ring (bicyclic) bond motifs is 1. The minimum absolute atomic E-state index is 0.796. The van der Waals surface area contributed by atoms with Crippen molar-refractivity contribution in [1.82, 2.24) is 20.4 Å². The van der Waals surface area contributed by atoms with Crippen molar-refractivity contribution in [1.29, 1.82) is 0 Å². The number of para-hydroxylation sites is 1. The van der Waals surface area contributed by atoms with Gasteiger partial charge in [0.1, 0.15) is 0 Å². The number of H-pyrrole nitrogens is 1. The van der Waals surface area contributed by atoms with E-state index in [4.69, 9.17) is 0 Å². The molecule has 4 heteroatoms. The third-order valence-electron chi connectivity index (χ3n) is 4.36. The summed E-state index contributed by atoms with van der Waals surface area (Å²) in [5.41, 5.74) is 2.47. The summed E-state index contributed by atoms with van der Waals surface area (Å²) in [6.07, 6.45) is 4.59. The predicted octanol–water partition coefficient (Wildman–Crippen LogP) is 2.38. The van der Waals surface area contributed by atoms with Crippen molar-refractivity contribution in [2.24, 2.45) is 5.92 Å². The van der Waals surface area contributed by atoms with Gasteiger partial charge in [-0.05, 0) is 44.0 Å². The number of rotatable bonds is 5. The summed E-state index contributed by atoms with van der Waals surface area (Å²) in [7, 11) is 0. The Morgan fingerprint density at radius 3 is 3.30 bits per heavy atom. The summed E-state index contributed by atoms with van der Waals surface area (Å²) < 4.78 is 0. The molecule has 0 saturated carbocycles. The maximum Gasteiger partial charge on any atom is 0.0695 e. The van der Waals surface area contributed by atoms with Crippen molar-refractivity contribution < 1.29 is 0 Å². The van der Waals surface area contributed by atoms with Crippen LogP contribution in [0.15, 0.2) is 24.4 Å². The topological polar surface area (TPSA) is 44.0 Å². The average molecular weight is 272 g/mol. The van der Waals surface area contributed by atoms with Gasteiger partial charge < -0.3 is 10.2 Å². The van der Waals surface area contributed by atoms with Crippen molar-refractivity contribution in [3.63, 3.8) is 0 Å². The van der Waals surface area contributed by atoms with Crippen LogP contribution in [0.1, 0.15) is 25.3 Å². The van der Waals surface area contributed by atoms with E-state index in [1.165, 1.54) is 48.9 Å². The molecule has 1 unspecified atom stereocenters. The second-order valence-corrected chi connectivity index (χ2v) is 5.78. The van der Waals surface area contributed by atoms with Crippen LogP contribution >= 0.6 is 0 Å². The zero-order valence-corrected chi connectivity index (χ0v) is 12.2. The van der Waals surface area contributed by atoms with Crippen molar-refractivity contribution in [3.05, 3.63) is 30.0 Å². The molecule has 1 fully saturated rings. The fraction of sp³-hybridized carbons (Fsp3) is 0.562. The molecule has 20 heavy (non-hydrogen) atoms. The SMILES string of the molecule is CCN1CCCC(CNCc2cccc3cn[nH]c23)C1. The van der Waals surface area contributed by atoms with Gasteiger partial charge in [-0.25, -0.2) is 0 Å². The molecular weight excluding hydrogens is 248 g/mol. The lowest BCUT2D eigenvalue weighted by molar-refractivity contribution is 0.180. The van der Waals surface area contributed by atoms with E-state index in [1.807, 2.05) is 6.20 Å². The zero-order valence-electron chi connectivity index (χ0n) is 12.2. The summed E-state index contributed by atoms with van der Waals surface area (Å²) in [5.74, 6) is 0.796. The van der Waals surface area contributed by atoms with Crippen LogP contribution in [0, 0.1) is 5.92 Å². The van der Waals surface area contributed by atoms with Crippen LogP contribution in [-0.2, 0) is 6.54 Å². The molecule has 1 aliphatic heterocycles. The van der Waals surface area contributed by atoms with Crippen LogP contribution in [0.3, 0.4) is 0 Å². The minimum Gasteiger partial charge on any atom is -0.312 e. The predicted molar refractivity (Wildman–Crippen MR) is 82.6 cm³/mol. The monoisotopic (exact) mass is 272 g/mol. The van der Waals surface area contributed by atoms with Gasteiger partial charge in [-0.1, -0.05) is 25.1 Å². The molecule has 0 amide bonds. The first-order valence-corrected chi connectivity index (χ1v) is 7.71. The Balaban J connectivity index is 1.53. The van der Waals surface area contributed by atoms with Gasteiger partial charge in [0.25, 0.3) is 0 Å². The lowest BCUT2D eigenvalue weighted by Gasteiger charge is -2.31. The highest BCUT2D eigenvalue weighted by molar-refractivity contribution is 5.81. The van der Waals surface area contributed by atoms with Gasteiger partial charge in [-0.15, -0.1) is 0 Å². The van der Waals surface area contributed by atoms with Crippen LogP contribution in [0.25, 0.3) is 10.9 Å². The number of piperidine rings is 1. The van der Waals surface area contributed by atoms with E-state index in [1.54, 1.807) is 0 Å². The number of hydrogen-bond donors (Lipinski definition) is 2. The lowest BCUT2D eigenvalue weighted by atomic mass is 9.98. The molecule has 2 heterocycles. The number of nitrogens with one attached hydrogen (secondary N) is 2. The Labute approximate surface area is 120 Å². The van der Waals surface area contributed by atoms with Gasteiger partial charge in [0.05, 0.1) is 11.7 Å². The summed E-state index contributed by atoms with van der Waals surface area (Å²) in [6.45, 7) is 8.00. The number of likely N-dealkylation sites (tertiary alicyclic amines) is 1. The normalized spacial score (nSPS) is 20.6. The molecule has 2 aromatic rings. The first-order valence-electron chi connectivity index (χ1n) is 7.71. The number of aromatic nitrogens is 2. The Kier molecular flexibility index (Phi) is 4.33. The fourth-order valence-corrected chi connectivity index (χ4v) is 3.19. The van der Waals surface area contributed by atoms with Gasteiger partial charge in [-0.3, -0.25) is 5.10 Å². The van der Waals surface area contributed by atoms with Crippen LogP contribution in [0.2, 0.25) is 0 Å². The van der Waals surface area contributed by atoms with Crippen LogP contribution in [0.5, 0.6) is 0 Å². The maximum absolute atomic E-state index is 4.12. The molecule has 4 nitrogen and oxygen atoms in total. The van der Waals surface area contributed by atoms with Crippen molar-refractivity contribution in [2.45, 2.75) is 26.3 Å². The van der Waals surface area contributed by atoms with Gasteiger partial charge in [0, 0.05) is 18.5 Å². The lowest BCUT2D eigenvalue weighted by Crippen LogP contribution is -2.39. The van der Waals surface area contributed by atoms with Gasteiger partial charge in [0.15, 0.2) is 0 Å². The molecule has 1 saturated heterocycles. The Morgan fingerprint density at radius 2 is 2.40 bits per heavy atom. The molecule has 3 rings (SSSR count). The van der Waals surface area contributed by atoms with E-state index in [9.17, 15) is 0 Å². The van der Waals surface area contributed by atoms with Gasteiger partial charge in [0.2, 0.25) is 0 Å². The van der Waals surface area contributed by atoms with E-state index < -0.39 is 0 Å². The Morgan fingerprint density at radius 1 is 1.45 bits per heavy atom. The summed E-state index contributed by atoms with van der Waals surface area (Å²) in [6, 6.07) is 6.38. The average Bonchev–Trinajstić information content (AvgIpc) is 2.97. The maximum atomic E-state index is 4.12. The van der Waals surface area contributed by atoms with E-state index in [0.717, 1.165) is 19.0 Å².